The zero-order chi connectivity index (χ0) is 32.4. The average Bonchev–Trinajstić information content (AvgIpc) is 3.10. The molecule has 46 heavy (non-hydrogen) atoms. The summed E-state index contributed by atoms with van der Waals surface area (Å²) in [6.45, 7) is 7.93. The Balaban J connectivity index is 1.59. The Hall–Kier alpha value is -2.84. The van der Waals surface area contributed by atoms with Crippen LogP contribution in [0.25, 0.3) is 0 Å². The predicted molar refractivity (Wildman–Crippen MR) is 183 cm³/mol. The van der Waals surface area contributed by atoms with Gasteiger partial charge in [-0.05, 0) is 41.5 Å². The van der Waals surface area contributed by atoms with Gasteiger partial charge in [-0.3, -0.25) is 0 Å². The smallest absolute Gasteiger partial charge is 0.187 e. The van der Waals surface area contributed by atoms with E-state index in [1.165, 1.54) is 18.4 Å². The summed E-state index contributed by atoms with van der Waals surface area (Å²) in [6.07, 6.45) is 5.62. The fourth-order valence-electron chi connectivity index (χ4n) is 5.96. The molecule has 1 N–H and O–H groups in total. The van der Waals surface area contributed by atoms with E-state index in [2.05, 4.69) is 26.8 Å². The second-order valence-corrected chi connectivity index (χ2v) is 12.1. The molecule has 3 aromatic carbocycles. The lowest BCUT2D eigenvalue weighted by Crippen LogP contribution is -2.61. The molecular weight excluding hydrogens is 576 g/mol. The Morgan fingerprint density at radius 3 is 1.85 bits per heavy atom. The zero-order valence-corrected chi connectivity index (χ0v) is 28.0. The molecule has 3 aromatic rings. The molecule has 1 aliphatic heterocycles. The molecule has 1 aliphatic rings. The number of aliphatic hydroxyl groups is 1. The summed E-state index contributed by atoms with van der Waals surface area (Å²) in [7, 11) is 0. The topological polar surface area (TPSA) is 66.4 Å². The Morgan fingerprint density at radius 1 is 0.739 bits per heavy atom. The van der Waals surface area contributed by atoms with E-state index in [0.717, 1.165) is 48.8 Å². The highest BCUT2D eigenvalue weighted by Crippen LogP contribution is 2.32. The van der Waals surface area contributed by atoms with Crippen LogP contribution in [0, 0.1) is 0 Å². The van der Waals surface area contributed by atoms with Gasteiger partial charge in [-0.2, -0.15) is 0 Å². The lowest BCUT2D eigenvalue weighted by atomic mass is 9.96. The Morgan fingerprint density at radius 2 is 1.30 bits per heavy atom. The number of allylic oxidation sites excluding steroid dienone is 1. The molecule has 0 bridgehead atoms. The lowest BCUT2D eigenvalue weighted by Gasteiger charge is -2.45. The second-order valence-electron chi connectivity index (χ2n) is 12.1. The fraction of sp³-hybridized carbons (Fsp3) is 0.500. The molecule has 1 fully saturated rings. The van der Waals surface area contributed by atoms with Crippen LogP contribution in [0.15, 0.2) is 103 Å². The number of hydrogen-bond donors (Lipinski definition) is 1. The van der Waals surface area contributed by atoms with Crippen LogP contribution in [0.2, 0.25) is 0 Å². The summed E-state index contributed by atoms with van der Waals surface area (Å²) in [4.78, 5) is 0. The first-order chi connectivity index (χ1) is 22.6. The maximum Gasteiger partial charge on any atom is 0.187 e. The number of unbranched alkanes of at least 4 members (excludes halogenated alkanes) is 3. The minimum Gasteiger partial charge on any atom is -0.385 e. The van der Waals surface area contributed by atoms with Crippen molar-refractivity contribution in [3.05, 3.63) is 119 Å². The minimum atomic E-state index is -1.06. The third kappa shape index (κ3) is 11.4. The van der Waals surface area contributed by atoms with Crippen LogP contribution in [0.1, 0.15) is 82.4 Å². The van der Waals surface area contributed by atoms with Crippen molar-refractivity contribution >= 4 is 0 Å². The molecule has 6 nitrogen and oxygen atoms in total. The third-order valence-electron chi connectivity index (χ3n) is 8.49. The maximum absolute atomic E-state index is 11.9. The van der Waals surface area contributed by atoms with Gasteiger partial charge in [0.2, 0.25) is 0 Å². The molecule has 6 atom stereocenters. The average molecular weight is 631 g/mol. The summed E-state index contributed by atoms with van der Waals surface area (Å²) >= 11 is 0. The molecule has 0 aromatic heterocycles. The van der Waals surface area contributed by atoms with E-state index in [0.29, 0.717) is 19.8 Å². The molecule has 0 aliphatic carbocycles. The van der Waals surface area contributed by atoms with Crippen LogP contribution in [-0.2, 0) is 43.5 Å². The number of aliphatic hydroxyl groups excluding tert-OH is 1. The first kappa shape index (κ1) is 36.0. The van der Waals surface area contributed by atoms with Crippen molar-refractivity contribution in [1.29, 1.82) is 0 Å². The highest BCUT2D eigenvalue weighted by molar-refractivity contribution is 5.16. The summed E-state index contributed by atoms with van der Waals surface area (Å²) in [5, 5.41) is 11.9. The van der Waals surface area contributed by atoms with Gasteiger partial charge in [0, 0.05) is 0 Å². The van der Waals surface area contributed by atoms with Crippen LogP contribution in [-0.4, -0.2) is 48.5 Å². The molecule has 0 amide bonds. The molecule has 0 radical (unpaired) electrons. The van der Waals surface area contributed by atoms with E-state index >= 15 is 0 Å². The number of ether oxygens (including phenoxy) is 5. The maximum atomic E-state index is 11.9. The molecule has 4 rings (SSSR count). The molecule has 6 heteroatoms. The van der Waals surface area contributed by atoms with Crippen molar-refractivity contribution < 1.29 is 28.8 Å². The van der Waals surface area contributed by atoms with Gasteiger partial charge in [-0.15, -0.1) is 0 Å². The second kappa shape index (κ2) is 20.4. The molecule has 1 saturated heterocycles. The van der Waals surface area contributed by atoms with Crippen molar-refractivity contribution in [3.63, 3.8) is 0 Å². The molecule has 0 saturated carbocycles. The lowest BCUT2D eigenvalue weighted by molar-refractivity contribution is -0.325. The minimum absolute atomic E-state index is 0.149. The monoisotopic (exact) mass is 630 g/mol. The van der Waals surface area contributed by atoms with E-state index in [-0.39, 0.29) is 12.7 Å². The molecule has 1 heterocycles. The number of rotatable bonds is 20. The van der Waals surface area contributed by atoms with Crippen LogP contribution < -0.4 is 0 Å². The van der Waals surface area contributed by atoms with Crippen molar-refractivity contribution in [1.82, 2.24) is 0 Å². The standard InChI is InChI=1S/C40H54O6/c1-4-7-8-18-26-35(34(6-3)19-5-2)45-40-37(41)39(44-29-33-24-16-11-17-25-33)38(43-28-32-22-14-10-15-23-32)36(46-40)30-42-27-31-20-12-9-13-21-31/h9-17,19-25,35-41H,4-8,18,26-30H2,1-3H3/b34-19-/t35?,36-,37-,38-,39-,40+/m1/s1. The summed E-state index contributed by atoms with van der Waals surface area (Å²) in [5.41, 5.74) is 4.38. The van der Waals surface area contributed by atoms with E-state index in [1.54, 1.807) is 0 Å². The zero-order valence-electron chi connectivity index (χ0n) is 28.0. The predicted octanol–water partition coefficient (Wildman–Crippen LogP) is 8.56. The van der Waals surface area contributed by atoms with Crippen molar-refractivity contribution in [2.45, 2.75) is 122 Å². The number of hydrogen-bond acceptors (Lipinski definition) is 6. The van der Waals surface area contributed by atoms with Crippen molar-refractivity contribution in [3.8, 4) is 0 Å². The molecule has 0 spiro atoms. The van der Waals surface area contributed by atoms with Gasteiger partial charge in [0.1, 0.15) is 24.4 Å². The summed E-state index contributed by atoms with van der Waals surface area (Å²) in [5.74, 6) is 0. The van der Waals surface area contributed by atoms with E-state index < -0.39 is 30.7 Å². The van der Waals surface area contributed by atoms with E-state index in [4.69, 9.17) is 23.7 Å². The largest absolute Gasteiger partial charge is 0.385 e. The van der Waals surface area contributed by atoms with Crippen LogP contribution >= 0.6 is 0 Å². The Bertz CT molecular complexity index is 1230. The summed E-state index contributed by atoms with van der Waals surface area (Å²) in [6, 6.07) is 30.1. The van der Waals surface area contributed by atoms with Gasteiger partial charge in [0.25, 0.3) is 0 Å². The van der Waals surface area contributed by atoms with Crippen LogP contribution in [0.4, 0.5) is 0 Å². The van der Waals surface area contributed by atoms with E-state index in [9.17, 15) is 5.11 Å². The fourth-order valence-corrected chi connectivity index (χ4v) is 5.96. The van der Waals surface area contributed by atoms with Gasteiger partial charge in [0.05, 0.1) is 32.5 Å². The first-order valence-electron chi connectivity index (χ1n) is 17.2. The quantitative estimate of drug-likeness (QED) is 0.0997. The van der Waals surface area contributed by atoms with Gasteiger partial charge in [0.15, 0.2) is 6.29 Å². The van der Waals surface area contributed by atoms with Crippen molar-refractivity contribution in [2.24, 2.45) is 0 Å². The molecule has 1 unspecified atom stereocenters. The van der Waals surface area contributed by atoms with Gasteiger partial charge >= 0.3 is 0 Å². The van der Waals surface area contributed by atoms with Crippen molar-refractivity contribution in [2.75, 3.05) is 6.61 Å². The van der Waals surface area contributed by atoms with Gasteiger partial charge < -0.3 is 28.8 Å². The van der Waals surface area contributed by atoms with Gasteiger partial charge in [-0.25, -0.2) is 0 Å². The normalized spacial score (nSPS) is 22.5. The Kier molecular flexibility index (Phi) is 16.0. The highest BCUT2D eigenvalue weighted by Gasteiger charge is 2.48. The third-order valence-corrected chi connectivity index (χ3v) is 8.49. The number of benzene rings is 3. The SMILES string of the molecule is CC/C=C(/CC)C(CCCCCC)O[C@H]1O[C@H](COCc2ccccc2)[C@@H](OCc2ccccc2)[C@H](OCc2ccccc2)[C@H]1O. The van der Waals surface area contributed by atoms with E-state index in [1.807, 2.05) is 91.0 Å². The first-order valence-corrected chi connectivity index (χ1v) is 17.2. The summed E-state index contributed by atoms with van der Waals surface area (Å²) < 4.78 is 32.7. The highest BCUT2D eigenvalue weighted by atomic mass is 16.7. The molecular formula is C40H54O6. The van der Waals surface area contributed by atoms with Gasteiger partial charge in [-0.1, -0.05) is 144 Å². The van der Waals surface area contributed by atoms with Crippen LogP contribution in [0.3, 0.4) is 0 Å². The van der Waals surface area contributed by atoms with Crippen LogP contribution in [0.5, 0.6) is 0 Å². The Labute approximate surface area is 276 Å². The molecule has 250 valence electrons.